The predicted octanol–water partition coefficient (Wildman–Crippen LogP) is 0.323. The molecule has 102 valence electrons. The largest absolute Gasteiger partial charge is 0.397 e. The lowest BCUT2D eigenvalue weighted by Crippen LogP contribution is -2.63. The average Bonchev–Trinajstić information content (AvgIpc) is 2.35. The number of piperazine rings is 1. The molecule has 1 aliphatic heterocycles. The highest BCUT2D eigenvalue weighted by Gasteiger charge is 2.41. The van der Waals surface area contributed by atoms with Gasteiger partial charge in [0, 0.05) is 13.1 Å². The Morgan fingerprint density at radius 2 is 2.21 bits per heavy atom. The SMILES string of the molecule is Cc1ncc(N)cc1C(=O)N1CCNC(=O)C1(C)C. The molecule has 0 spiro atoms. The zero-order valence-corrected chi connectivity index (χ0v) is 11.4. The second-order valence-corrected chi connectivity index (χ2v) is 5.17. The Kier molecular flexibility index (Phi) is 3.18. The van der Waals surface area contributed by atoms with Gasteiger partial charge in [0.05, 0.1) is 23.1 Å². The number of aromatic nitrogens is 1. The minimum Gasteiger partial charge on any atom is -0.397 e. The summed E-state index contributed by atoms with van der Waals surface area (Å²) in [5, 5.41) is 2.76. The van der Waals surface area contributed by atoms with Crippen LogP contribution in [0.5, 0.6) is 0 Å². The van der Waals surface area contributed by atoms with Crippen molar-refractivity contribution in [2.24, 2.45) is 0 Å². The fourth-order valence-corrected chi connectivity index (χ4v) is 2.17. The fraction of sp³-hybridized carbons (Fsp3) is 0.462. The first-order valence-electron chi connectivity index (χ1n) is 6.16. The highest BCUT2D eigenvalue weighted by Crippen LogP contribution is 2.22. The van der Waals surface area contributed by atoms with Crippen LogP contribution in [0.2, 0.25) is 0 Å². The molecule has 1 saturated heterocycles. The van der Waals surface area contributed by atoms with Gasteiger partial charge in [-0.1, -0.05) is 0 Å². The minimum absolute atomic E-state index is 0.151. The van der Waals surface area contributed by atoms with E-state index in [0.29, 0.717) is 30.0 Å². The van der Waals surface area contributed by atoms with Crippen molar-refractivity contribution in [1.29, 1.82) is 0 Å². The number of amides is 2. The standard InChI is InChI=1S/C13H18N4O2/c1-8-10(6-9(14)7-16-8)11(18)17-5-4-15-12(19)13(17,2)3/h6-7H,4-5,14H2,1-3H3,(H,15,19). The van der Waals surface area contributed by atoms with E-state index in [2.05, 4.69) is 10.3 Å². The number of aryl methyl sites for hydroxylation is 1. The molecule has 3 N–H and O–H groups in total. The summed E-state index contributed by atoms with van der Waals surface area (Å²) in [6.45, 7) is 6.15. The van der Waals surface area contributed by atoms with Gasteiger partial charge in [0.25, 0.3) is 5.91 Å². The molecule has 1 aromatic rings. The van der Waals surface area contributed by atoms with Gasteiger partial charge in [0.1, 0.15) is 5.54 Å². The van der Waals surface area contributed by atoms with E-state index in [1.54, 1.807) is 31.7 Å². The van der Waals surface area contributed by atoms with Crippen LogP contribution in [-0.4, -0.2) is 40.3 Å². The van der Waals surface area contributed by atoms with Gasteiger partial charge in [-0.15, -0.1) is 0 Å². The van der Waals surface area contributed by atoms with Crippen molar-refractivity contribution in [2.75, 3.05) is 18.8 Å². The predicted molar refractivity (Wildman–Crippen MR) is 71.5 cm³/mol. The normalized spacial score (nSPS) is 18.1. The van der Waals surface area contributed by atoms with Crippen LogP contribution in [0.25, 0.3) is 0 Å². The third-order valence-electron chi connectivity index (χ3n) is 3.44. The van der Waals surface area contributed by atoms with Crippen LogP contribution >= 0.6 is 0 Å². The molecule has 0 aromatic carbocycles. The van der Waals surface area contributed by atoms with Crippen LogP contribution < -0.4 is 11.1 Å². The van der Waals surface area contributed by atoms with Crippen LogP contribution in [0, 0.1) is 6.92 Å². The maximum atomic E-state index is 12.6. The Balaban J connectivity index is 2.38. The number of hydrogen-bond donors (Lipinski definition) is 2. The highest BCUT2D eigenvalue weighted by molar-refractivity contribution is 6.00. The zero-order valence-electron chi connectivity index (χ0n) is 11.4. The van der Waals surface area contributed by atoms with E-state index < -0.39 is 5.54 Å². The van der Waals surface area contributed by atoms with Gasteiger partial charge in [-0.25, -0.2) is 0 Å². The van der Waals surface area contributed by atoms with E-state index in [0.717, 1.165) is 0 Å². The molecule has 2 rings (SSSR count). The van der Waals surface area contributed by atoms with Gasteiger partial charge in [0.15, 0.2) is 0 Å². The van der Waals surface area contributed by atoms with Crippen LogP contribution in [0.1, 0.15) is 29.9 Å². The second-order valence-electron chi connectivity index (χ2n) is 5.17. The summed E-state index contributed by atoms with van der Waals surface area (Å²) in [4.78, 5) is 30.1. The Morgan fingerprint density at radius 3 is 2.89 bits per heavy atom. The summed E-state index contributed by atoms with van der Waals surface area (Å²) >= 11 is 0. The van der Waals surface area contributed by atoms with Crippen molar-refractivity contribution in [2.45, 2.75) is 26.3 Å². The molecule has 1 fully saturated rings. The molecule has 0 saturated carbocycles. The molecule has 6 nitrogen and oxygen atoms in total. The van der Waals surface area contributed by atoms with Gasteiger partial charge < -0.3 is 16.0 Å². The molecule has 2 heterocycles. The van der Waals surface area contributed by atoms with E-state index in [-0.39, 0.29) is 11.8 Å². The number of nitrogens with two attached hydrogens (primary N) is 1. The van der Waals surface area contributed by atoms with Gasteiger partial charge in [-0.3, -0.25) is 14.6 Å². The van der Waals surface area contributed by atoms with Crippen molar-refractivity contribution in [3.05, 3.63) is 23.5 Å². The van der Waals surface area contributed by atoms with E-state index in [1.165, 1.54) is 6.20 Å². The second kappa shape index (κ2) is 4.53. The van der Waals surface area contributed by atoms with Crippen molar-refractivity contribution in [1.82, 2.24) is 15.2 Å². The number of nitrogens with zero attached hydrogens (tertiary/aromatic N) is 2. The summed E-state index contributed by atoms with van der Waals surface area (Å²) in [6.07, 6.45) is 1.51. The molecule has 0 radical (unpaired) electrons. The molecule has 0 unspecified atom stereocenters. The van der Waals surface area contributed by atoms with E-state index in [1.807, 2.05) is 0 Å². The number of carbonyl (C=O) groups excluding carboxylic acids is 2. The fourth-order valence-electron chi connectivity index (χ4n) is 2.17. The first-order valence-corrected chi connectivity index (χ1v) is 6.16. The number of hydrogen-bond acceptors (Lipinski definition) is 4. The molecule has 1 aliphatic rings. The topological polar surface area (TPSA) is 88.3 Å². The summed E-state index contributed by atoms with van der Waals surface area (Å²) in [7, 11) is 0. The van der Waals surface area contributed by atoms with Crippen molar-refractivity contribution in [3.8, 4) is 0 Å². The maximum Gasteiger partial charge on any atom is 0.256 e. The third kappa shape index (κ3) is 2.25. The molecule has 0 atom stereocenters. The van der Waals surface area contributed by atoms with E-state index in [4.69, 9.17) is 5.73 Å². The Hall–Kier alpha value is -2.11. The van der Waals surface area contributed by atoms with E-state index >= 15 is 0 Å². The molecule has 6 heteroatoms. The van der Waals surface area contributed by atoms with Crippen molar-refractivity contribution >= 4 is 17.5 Å². The molecule has 0 bridgehead atoms. The summed E-state index contributed by atoms with van der Waals surface area (Å²) in [5.41, 5.74) is 6.31. The lowest BCUT2D eigenvalue weighted by Gasteiger charge is -2.41. The molecular formula is C13H18N4O2. The molecule has 0 aliphatic carbocycles. The van der Waals surface area contributed by atoms with Crippen molar-refractivity contribution < 1.29 is 9.59 Å². The summed E-state index contributed by atoms with van der Waals surface area (Å²) in [5.74, 6) is -0.362. The van der Waals surface area contributed by atoms with E-state index in [9.17, 15) is 9.59 Å². The molecule has 19 heavy (non-hydrogen) atoms. The highest BCUT2D eigenvalue weighted by atomic mass is 16.2. The number of pyridine rings is 1. The average molecular weight is 262 g/mol. The Labute approximate surface area is 112 Å². The maximum absolute atomic E-state index is 12.6. The number of nitrogen functional groups attached to an aromatic ring is 1. The molecule has 2 amide bonds. The number of carbonyl (C=O) groups is 2. The third-order valence-corrected chi connectivity index (χ3v) is 3.44. The van der Waals surface area contributed by atoms with Crippen molar-refractivity contribution in [3.63, 3.8) is 0 Å². The quantitative estimate of drug-likeness (QED) is 0.763. The minimum atomic E-state index is -0.869. The van der Waals surface area contributed by atoms with Gasteiger partial charge in [-0.2, -0.15) is 0 Å². The van der Waals surface area contributed by atoms with Gasteiger partial charge in [-0.05, 0) is 26.8 Å². The number of rotatable bonds is 1. The lowest BCUT2D eigenvalue weighted by molar-refractivity contribution is -0.133. The number of nitrogens with one attached hydrogen (secondary N) is 1. The first kappa shape index (κ1) is 13.3. The number of anilines is 1. The molecular weight excluding hydrogens is 244 g/mol. The Bertz CT molecular complexity index is 539. The van der Waals surface area contributed by atoms with Gasteiger partial charge >= 0.3 is 0 Å². The Morgan fingerprint density at radius 1 is 1.53 bits per heavy atom. The van der Waals surface area contributed by atoms with Crippen LogP contribution in [0.4, 0.5) is 5.69 Å². The summed E-state index contributed by atoms with van der Waals surface area (Å²) < 4.78 is 0. The zero-order chi connectivity index (χ0) is 14.2. The lowest BCUT2D eigenvalue weighted by atomic mass is 9.97. The molecule has 1 aromatic heterocycles. The first-order chi connectivity index (χ1) is 8.84. The van der Waals surface area contributed by atoms with Gasteiger partial charge in [0.2, 0.25) is 5.91 Å². The van der Waals surface area contributed by atoms with Crippen LogP contribution in [-0.2, 0) is 4.79 Å². The van der Waals surface area contributed by atoms with Crippen LogP contribution in [0.3, 0.4) is 0 Å². The van der Waals surface area contributed by atoms with Crippen LogP contribution in [0.15, 0.2) is 12.3 Å². The monoisotopic (exact) mass is 262 g/mol. The summed E-state index contributed by atoms with van der Waals surface area (Å²) in [6, 6.07) is 1.60. The smallest absolute Gasteiger partial charge is 0.256 e.